The molecule has 0 saturated heterocycles. The molecule has 0 atom stereocenters. The van der Waals surface area contributed by atoms with Gasteiger partial charge in [0.25, 0.3) is 0 Å². The molecule has 0 spiro atoms. The molecule has 23 heavy (non-hydrogen) atoms. The van der Waals surface area contributed by atoms with Crippen molar-refractivity contribution in [2.24, 2.45) is 7.05 Å². The number of aromatic nitrogens is 3. The Hall–Kier alpha value is -3.08. The van der Waals surface area contributed by atoms with Crippen LogP contribution in [-0.4, -0.2) is 14.1 Å². The standard InChI is InChI=1S/C18H18N4O/c1-4-12-21(5-2)17-13-14(10-11-19-17)22-16-9-7-6-8-15(16)20(3)18(22)23/h4-13H,2H2,1,3H3/b12-4-. The number of anilines is 1. The fourth-order valence-electron chi connectivity index (χ4n) is 2.62. The molecule has 116 valence electrons. The molecule has 2 heterocycles. The lowest BCUT2D eigenvalue weighted by Gasteiger charge is -2.14. The van der Waals surface area contributed by atoms with E-state index in [1.807, 2.05) is 55.6 Å². The molecule has 0 amide bonds. The van der Waals surface area contributed by atoms with Gasteiger partial charge < -0.3 is 4.90 Å². The molecule has 0 aliphatic carbocycles. The number of hydrogen-bond donors (Lipinski definition) is 0. The number of hydrogen-bond acceptors (Lipinski definition) is 3. The molecule has 5 nitrogen and oxygen atoms in total. The lowest BCUT2D eigenvalue weighted by atomic mass is 10.3. The number of rotatable bonds is 4. The third-order valence-electron chi connectivity index (χ3n) is 3.72. The van der Waals surface area contributed by atoms with Gasteiger partial charge in [-0.1, -0.05) is 24.8 Å². The maximum absolute atomic E-state index is 12.6. The van der Waals surface area contributed by atoms with Crippen molar-refractivity contribution < 1.29 is 0 Å². The highest BCUT2D eigenvalue weighted by Gasteiger charge is 2.12. The van der Waals surface area contributed by atoms with Crippen LogP contribution in [0.4, 0.5) is 5.82 Å². The van der Waals surface area contributed by atoms with E-state index in [1.165, 1.54) is 0 Å². The van der Waals surface area contributed by atoms with E-state index in [0.717, 1.165) is 16.7 Å². The zero-order valence-electron chi connectivity index (χ0n) is 13.2. The Morgan fingerprint density at radius 1 is 1.22 bits per heavy atom. The van der Waals surface area contributed by atoms with Crippen LogP contribution in [0.1, 0.15) is 6.92 Å². The molecule has 5 heteroatoms. The van der Waals surface area contributed by atoms with Crippen LogP contribution in [0, 0.1) is 0 Å². The third-order valence-corrected chi connectivity index (χ3v) is 3.72. The van der Waals surface area contributed by atoms with Gasteiger partial charge in [0, 0.05) is 31.7 Å². The van der Waals surface area contributed by atoms with Gasteiger partial charge in [0.1, 0.15) is 5.82 Å². The fourth-order valence-corrected chi connectivity index (χ4v) is 2.62. The van der Waals surface area contributed by atoms with E-state index in [-0.39, 0.29) is 5.69 Å². The highest BCUT2D eigenvalue weighted by Crippen LogP contribution is 2.20. The summed E-state index contributed by atoms with van der Waals surface area (Å²) in [6.07, 6.45) is 7.14. The number of nitrogens with zero attached hydrogens (tertiary/aromatic N) is 4. The summed E-state index contributed by atoms with van der Waals surface area (Å²) in [4.78, 5) is 18.8. The Balaban J connectivity index is 2.23. The summed E-state index contributed by atoms with van der Waals surface area (Å²) in [7, 11) is 1.78. The van der Waals surface area contributed by atoms with Gasteiger partial charge in [0.2, 0.25) is 0 Å². The Morgan fingerprint density at radius 2 is 1.96 bits per heavy atom. The SMILES string of the molecule is C=CN(/C=C\C)c1cc(-n2c(=O)n(C)c3ccccc32)ccn1. The fraction of sp³-hybridized carbons (Fsp3) is 0.111. The maximum Gasteiger partial charge on any atom is 0.333 e. The van der Waals surface area contributed by atoms with E-state index in [1.54, 1.807) is 33.5 Å². The summed E-state index contributed by atoms with van der Waals surface area (Å²) in [6, 6.07) is 11.4. The predicted octanol–water partition coefficient (Wildman–Crippen LogP) is 3.21. The first-order chi connectivity index (χ1) is 11.2. The molecule has 3 rings (SSSR count). The molecule has 0 radical (unpaired) electrons. The molecular weight excluding hydrogens is 288 g/mol. The largest absolute Gasteiger partial charge is 0.333 e. The minimum atomic E-state index is -0.0838. The molecule has 0 aliphatic heterocycles. The Kier molecular flexibility index (Phi) is 3.85. The molecular formula is C18H18N4O. The second kappa shape index (κ2) is 5.96. The van der Waals surface area contributed by atoms with Crippen molar-refractivity contribution in [2.75, 3.05) is 4.90 Å². The highest BCUT2D eigenvalue weighted by molar-refractivity contribution is 5.78. The van der Waals surface area contributed by atoms with Gasteiger partial charge in [0.15, 0.2) is 0 Å². The van der Waals surface area contributed by atoms with Crippen molar-refractivity contribution in [2.45, 2.75) is 6.92 Å². The monoisotopic (exact) mass is 306 g/mol. The minimum absolute atomic E-state index is 0.0838. The van der Waals surface area contributed by atoms with E-state index < -0.39 is 0 Å². The van der Waals surface area contributed by atoms with E-state index >= 15 is 0 Å². The minimum Gasteiger partial charge on any atom is -0.310 e. The normalized spacial score (nSPS) is 11.2. The van der Waals surface area contributed by atoms with Crippen LogP contribution in [0.3, 0.4) is 0 Å². The Labute approximate surface area is 134 Å². The summed E-state index contributed by atoms with van der Waals surface area (Å²) in [5, 5.41) is 0. The van der Waals surface area contributed by atoms with Gasteiger partial charge in [-0.05, 0) is 25.1 Å². The van der Waals surface area contributed by atoms with Crippen molar-refractivity contribution in [3.8, 4) is 5.69 Å². The predicted molar refractivity (Wildman–Crippen MR) is 93.8 cm³/mol. The molecule has 1 aromatic carbocycles. The molecule has 0 unspecified atom stereocenters. The van der Waals surface area contributed by atoms with Crippen LogP contribution in [0.25, 0.3) is 16.7 Å². The second-order valence-electron chi connectivity index (χ2n) is 5.11. The second-order valence-corrected chi connectivity index (χ2v) is 5.11. The zero-order valence-corrected chi connectivity index (χ0v) is 13.2. The van der Waals surface area contributed by atoms with Crippen LogP contribution in [-0.2, 0) is 7.05 Å². The van der Waals surface area contributed by atoms with Gasteiger partial charge >= 0.3 is 5.69 Å². The average Bonchev–Trinajstić information content (AvgIpc) is 2.84. The number of para-hydroxylation sites is 2. The molecule has 3 aromatic rings. The van der Waals surface area contributed by atoms with Crippen LogP contribution >= 0.6 is 0 Å². The molecule has 0 N–H and O–H groups in total. The van der Waals surface area contributed by atoms with Crippen LogP contribution in [0.15, 0.2) is 72.4 Å². The Morgan fingerprint density at radius 3 is 2.65 bits per heavy atom. The van der Waals surface area contributed by atoms with E-state index in [9.17, 15) is 4.79 Å². The number of benzene rings is 1. The van der Waals surface area contributed by atoms with Crippen LogP contribution in [0.2, 0.25) is 0 Å². The molecule has 0 fully saturated rings. The van der Waals surface area contributed by atoms with Crippen molar-refractivity contribution in [3.05, 3.63) is 78.1 Å². The van der Waals surface area contributed by atoms with Gasteiger partial charge in [-0.25, -0.2) is 9.78 Å². The van der Waals surface area contributed by atoms with Crippen molar-refractivity contribution >= 4 is 16.9 Å². The number of allylic oxidation sites excluding steroid dienone is 1. The summed E-state index contributed by atoms with van der Waals surface area (Å²) in [5.74, 6) is 0.704. The number of aryl methyl sites for hydroxylation is 1. The third kappa shape index (κ3) is 2.46. The van der Waals surface area contributed by atoms with E-state index in [4.69, 9.17) is 0 Å². The summed E-state index contributed by atoms with van der Waals surface area (Å²) in [6.45, 7) is 5.72. The highest BCUT2D eigenvalue weighted by atomic mass is 16.1. The molecule has 0 saturated carbocycles. The first-order valence-corrected chi connectivity index (χ1v) is 7.34. The maximum atomic E-state index is 12.6. The van der Waals surface area contributed by atoms with Crippen LogP contribution < -0.4 is 10.6 Å². The lowest BCUT2D eigenvalue weighted by molar-refractivity contribution is 0.845. The van der Waals surface area contributed by atoms with Crippen molar-refractivity contribution in [1.82, 2.24) is 14.1 Å². The molecule has 0 bridgehead atoms. The smallest absolute Gasteiger partial charge is 0.310 e. The van der Waals surface area contributed by atoms with Gasteiger partial charge in [-0.15, -0.1) is 0 Å². The topological polar surface area (TPSA) is 43.1 Å². The summed E-state index contributed by atoms with van der Waals surface area (Å²) >= 11 is 0. The average molecular weight is 306 g/mol. The zero-order chi connectivity index (χ0) is 16.4. The number of imidazole rings is 1. The summed E-state index contributed by atoms with van der Waals surface area (Å²) in [5.41, 5.74) is 2.45. The van der Waals surface area contributed by atoms with Crippen molar-refractivity contribution in [3.63, 3.8) is 0 Å². The number of fused-ring (bicyclic) bond motifs is 1. The molecule has 0 aliphatic rings. The van der Waals surface area contributed by atoms with Gasteiger partial charge in [-0.2, -0.15) is 0 Å². The van der Waals surface area contributed by atoms with Gasteiger partial charge in [0.05, 0.1) is 16.7 Å². The van der Waals surface area contributed by atoms with Gasteiger partial charge in [-0.3, -0.25) is 9.13 Å². The van der Waals surface area contributed by atoms with Crippen LogP contribution in [0.5, 0.6) is 0 Å². The number of pyridine rings is 1. The summed E-state index contributed by atoms with van der Waals surface area (Å²) < 4.78 is 3.34. The van der Waals surface area contributed by atoms with Crippen molar-refractivity contribution in [1.29, 1.82) is 0 Å². The first-order valence-electron chi connectivity index (χ1n) is 7.34. The first kappa shape index (κ1) is 14.8. The van der Waals surface area contributed by atoms with E-state index in [2.05, 4.69) is 11.6 Å². The lowest BCUT2D eigenvalue weighted by Crippen LogP contribution is -2.21. The quantitative estimate of drug-likeness (QED) is 0.743. The Bertz CT molecular complexity index is 949. The molecule has 2 aromatic heterocycles. The van der Waals surface area contributed by atoms with E-state index in [0.29, 0.717) is 5.82 Å².